The summed E-state index contributed by atoms with van der Waals surface area (Å²) in [6.07, 6.45) is 3.08. The van der Waals surface area contributed by atoms with Gasteiger partial charge in [-0.1, -0.05) is 71.5 Å². The molecule has 0 bridgehead atoms. The Morgan fingerprint density at radius 3 is 1.88 bits per heavy atom. The normalized spacial score (nSPS) is 12.6. The van der Waals surface area contributed by atoms with E-state index >= 15 is 0 Å². The molecular formula is C16H24. The fourth-order valence-corrected chi connectivity index (χ4v) is 2.50. The Morgan fingerprint density at radius 2 is 1.50 bits per heavy atom. The van der Waals surface area contributed by atoms with Gasteiger partial charge in [0.1, 0.15) is 0 Å². The van der Waals surface area contributed by atoms with Crippen molar-refractivity contribution in [2.75, 3.05) is 0 Å². The van der Waals surface area contributed by atoms with E-state index in [1.54, 1.807) is 0 Å². The molecule has 1 rings (SSSR count). The molecule has 0 heteroatoms. The molecule has 0 heterocycles. The fraction of sp³-hybridized carbons (Fsp3) is 0.500. The highest BCUT2D eigenvalue weighted by atomic mass is 14.3. The van der Waals surface area contributed by atoms with Crippen LogP contribution in [0.25, 0.3) is 6.08 Å². The Hall–Kier alpha value is -1.04. The first-order valence-electron chi connectivity index (χ1n) is 5.98. The molecule has 0 spiro atoms. The lowest BCUT2D eigenvalue weighted by Crippen LogP contribution is -2.24. The maximum atomic E-state index is 3.78. The lowest BCUT2D eigenvalue weighted by Gasteiger charge is -2.33. The van der Waals surface area contributed by atoms with Crippen molar-refractivity contribution in [3.05, 3.63) is 42.0 Å². The number of hydrogen-bond donors (Lipinski definition) is 0. The zero-order valence-electron chi connectivity index (χ0n) is 11.3. The van der Waals surface area contributed by atoms with Crippen LogP contribution in [0.5, 0.6) is 0 Å². The first kappa shape index (κ1) is 13.0. The standard InChI is InChI=1S/C16H24/c1-7-13-8-10-14(11-9-13)16(5,6)12-15(2,3)4/h7-11H,1,12H2,2-6H3. The molecule has 0 radical (unpaired) electrons. The monoisotopic (exact) mass is 216 g/mol. The second-order valence-corrected chi connectivity index (χ2v) is 6.45. The van der Waals surface area contributed by atoms with Gasteiger partial charge in [0.2, 0.25) is 0 Å². The van der Waals surface area contributed by atoms with Crippen molar-refractivity contribution < 1.29 is 0 Å². The molecule has 0 aliphatic heterocycles. The highest BCUT2D eigenvalue weighted by Gasteiger charge is 2.26. The van der Waals surface area contributed by atoms with Crippen LogP contribution in [0.4, 0.5) is 0 Å². The van der Waals surface area contributed by atoms with Gasteiger partial charge in [0.05, 0.1) is 0 Å². The molecule has 0 saturated carbocycles. The Balaban J connectivity index is 2.93. The minimum absolute atomic E-state index is 0.234. The molecule has 0 atom stereocenters. The Kier molecular flexibility index (Phi) is 3.62. The largest absolute Gasteiger partial charge is 0.0985 e. The Bertz CT molecular complexity index is 347. The van der Waals surface area contributed by atoms with Crippen molar-refractivity contribution in [1.82, 2.24) is 0 Å². The van der Waals surface area contributed by atoms with Crippen molar-refractivity contribution in [3.8, 4) is 0 Å². The zero-order valence-corrected chi connectivity index (χ0v) is 11.3. The van der Waals surface area contributed by atoms with Crippen LogP contribution in [0.3, 0.4) is 0 Å². The van der Waals surface area contributed by atoms with Gasteiger partial charge in [0.15, 0.2) is 0 Å². The highest BCUT2D eigenvalue weighted by molar-refractivity contribution is 5.47. The summed E-state index contributed by atoms with van der Waals surface area (Å²) in [6.45, 7) is 15.3. The Labute approximate surface area is 100 Å². The van der Waals surface area contributed by atoms with Crippen molar-refractivity contribution in [3.63, 3.8) is 0 Å². The smallest absolute Gasteiger partial charge is 0.00986 e. The topological polar surface area (TPSA) is 0 Å². The fourth-order valence-electron chi connectivity index (χ4n) is 2.50. The van der Waals surface area contributed by atoms with Gasteiger partial charge in [-0.25, -0.2) is 0 Å². The summed E-state index contributed by atoms with van der Waals surface area (Å²) < 4.78 is 0. The third-order valence-corrected chi connectivity index (χ3v) is 2.90. The van der Waals surface area contributed by atoms with E-state index in [0.717, 1.165) is 0 Å². The van der Waals surface area contributed by atoms with E-state index in [-0.39, 0.29) is 5.41 Å². The summed E-state index contributed by atoms with van der Waals surface area (Å²) in [5.74, 6) is 0. The van der Waals surface area contributed by atoms with Gasteiger partial charge in [-0.2, -0.15) is 0 Å². The number of rotatable bonds is 3. The minimum atomic E-state index is 0.234. The summed E-state index contributed by atoms with van der Waals surface area (Å²) >= 11 is 0. The second-order valence-electron chi connectivity index (χ2n) is 6.45. The predicted molar refractivity (Wildman–Crippen MR) is 73.6 cm³/mol. The molecular weight excluding hydrogens is 192 g/mol. The van der Waals surface area contributed by atoms with Crippen molar-refractivity contribution in [2.45, 2.75) is 46.5 Å². The summed E-state index contributed by atoms with van der Waals surface area (Å²) in [4.78, 5) is 0. The van der Waals surface area contributed by atoms with Crippen LogP contribution in [-0.4, -0.2) is 0 Å². The van der Waals surface area contributed by atoms with Crippen LogP contribution in [0.2, 0.25) is 0 Å². The van der Waals surface area contributed by atoms with Gasteiger partial charge in [0.25, 0.3) is 0 Å². The molecule has 0 nitrogen and oxygen atoms in total. The summed E-state index contributed by atoms with van der Waals surface area (Å²) in [6, 6.07) is 8.74. The maximum Gasteiger partial charge on any atom is -0.00986 e. The van der Waals surface area contributed by atoms with Gasteiger partial charge >= 0.3 is 0 Å². The highest BCUT2D eigenvalue weighted by Crippen LogP contribution is 2.36. The van der Waals surface area contributed by atoms with Gasteiger partial charge in [-0.05, 0) is 28.4 Å². The van der Waals surface area contributed by atoms with E-state index in [1.165, 1.54) is 17.5 Å². The lowest BCUT2D eigenvalue weighted by atomic mass is 9.72. The molecule has 0 saturated heterocycles. The average molecular weight is 216 g/mol. The van der Waals surface area contributed by atoms with Crippen LogP contribution in [-0.2, 0) is 5.41 Å². The van der Waals surface area contributed by atoms with Crippen LogP contribution in [0.1, 0.15) is 52.2 Å². The first-order valence-corrected chi connectivity index (χ1v) is 5.98. The third kappa shape index (κ3) is 3.52. The van der Waals surface area contributed by atoms with E-state index in [2.05, 4.69) is 65.5 Å². The molecule has 1 aromatic rings. The van der Waals surface area contributed by atoms with E-state index in [1.807, 2.05) is 6.08 Å². The molecule has 0 N–H and O–H groups in total. The van der Waals surface area contributed by atoms with Crippen LogP contribution < -0.4 is 0 Å². The van der Waals surface area contributed by atoms with E-state index in [4.69, 9.17) is 0 Å². The summed E-state index contributed by atoms with van der Waals surface area (Å²) in [5.41, 5.74) is 3.20. The van der Waals surface area contributed by atoms with Crippen molar-refractivity contribution in [1.29, 1.82) is 0 Å². The summed E-state index contributed by atoms with van der Waals surface area (Å²) in [7, 11) is 0. The summed E-state index contributed by atoms with van der Waals surface area (Å²) in [5, 5.41) is 0. The zero-order chi connectivity index (χ0) is 12.4. The lowest BCUT2D eigenvalue weighted by molar-refractivity contribution is 0.284. The molecule has 88 valence electrons. The van der Waals surface area contributed by atoms with Crippen molar-refractivity contribution >= 4 is 6.08 Å². The van der Waals surface area contributed by atoms with Gasteiger partial charge in [-0.3, -0.25) is 0 Å². The predicted octanol–water partition coefficient (Wildman–Crippen LogP) is 5.04. The SMILES string of the molecule is C=Cc1ccc(C(C)(C)CC(C)(C)C)cc1. The van der Waals surface area contributed by atoms with E-state index in [0.29, 0.717) is 5.41 Å². The molecule has 16 heavy (non-hydrogen) atoms. The van der Waals surface area contributed by atoms with E-state index in [9.17, 15) is 0 Å². The van der Waals surface area contributed by atoms with E-state index < -0.39 is 0 Å². The molecule has 0 unspecified atom stereocenters. The first-order chi connectivity index (χ1) is 7.24. The third-order valence-electron chi connectivity index (χ3n) is 2.90. The average Bonchev–Trinajstić information content (AvgIpc) is 2.14. The van der Waals surface area contributed by atoms with Gasteiger partial charge in [-0.15, -0.1) is 0 Å². The van der Waals surface area contributed by atoms with Crippen molar-refractivity contribution in [2.24, 2.45) is 5.41 Å². The van der Waals surface area contributed by atoms with Crippen LogP contribution >= 0.6 is 0 Å². The van der Waals surface area contributed by atoms with Gasteiger partial charge in [0, 0.05) is 0 Å². The quantitative estimate of drug-likeness (QED) is 0.663. The number of hydrogen-bond acceptors (Lipinski definition) is 0. The molecule has 0 aromatic heterocycles. The maximum absolute atomic E-state index is 3.78. The number of benzene rings is 1. The second kappa shape index (κ2) is 4.45. The molecule has 0 aliphatic carbocycles. The molecule has 0 fully saturated rings. The van der Waals surface area contributed by atoms with Crippen LogP contribution in [0.15, 0.2) is 30.8 Å². The Morgan fingerprint density at radius 1 is 1.00 bits per heavy atom. The molecule has 0 amide bonds. The molecule has 1 aromatic carbocycles. The molecule has 0 aliphatic rings. The van der Waals surface area contributed by atoms with Crippen LogP contribution in [0, 0.1) is 5.41 Å². The minimum Gasteiger partial charge on any atom is -0.0985 e. The van der Waals surface area contributed by atoms with Gasteiger partial charge < -0.3 is 0 Å².